The first kappa shape index (κ1) is 15.3. The van der Waals surface area contributed by atoms with Crippen molar-refractivity contribution in [1.82, 2.24) is 5.32 Å². The van der Waals surface area contributed by atoms with Crippen molar-refractivity contribution in [2.45, 2.75) is 26.8 Å². The Balaban J connectivity index is 2.69. The van der Waals surface area contributed by atoms with Gasteiger partial charge in [-0.3, -0.25) is 0 Å². The molecule has 1 N–H and O–H groups in total. The van der Waals surface area contributed by atoms with Crippen LogP contribution in [0.2, 0.25) is 0 Å². The molecule has 0 aliphatic rings. The van der Waals surface area contributed by atoms with Crippen LogP contribution in [0.1, 0.15) is 25.8 Å². The third-order valence-electron chi connectivity index (χ3n) is 3.01. The molecule has 0 aromatic heterocycles. The summed E-state index contributed by atoms with van der Waals surface area (Å²) in [5.41, 5.74) is 1.18. The van der Waals surface area contributed by atoms with Gasteiger partial charge in [0.15, 0.2) is 11.5 Å². The Bertz CT molecular complexity index is 382. The normalized spacial score (nSPS) is 12.3. The first-order chi connectivity index (χ1) is 8.62. The fourth-order valence-electron chi connectivity index (χ4n) is 1.68. The lowest BCUT2D eigenvalue weighted by Crippen LogP contribution is -2.20. The molecule has 1 atom stereocenters. The van der Waals surface area contributed by atoms with Gasteiger partial charge in [-0.25, -0.2) is 0 Å². The van der Waals surface area contributed by atoms with Gasteiger partial charge in [-0.05, 0) is 46.1 Å². The van der Waals surface area contributed by atoms with E-state index in [1.165, 1.54) is 12.0 Å². The fourth-order valence-corrected chi connectivity index (χ4v) is 2.33. The van der Waals surface area contributed by atoms with Crippen molar-refractivity contribution in [3.8, 4) is 11.5 Å². The second-order valence-electron chi connectivity index (χ2n) is 4.46. The third-order valence-corrected chi connectivity index (χ3v) is 3.60. The lowest BCUT2D eigenvalue weighted by Gasteiger charge is -2.13. The maximum Gasteiger partial charge on any atom is 0.174 e. The molecule has 3 nitrogen and oxygen atoms in total. The van der Waals surface area contributed by atoms with Gasteiger partial charge in [0, 0.05) is 6.54 Å². The summed E-state index contributed by atoms with van der Waals surface area (Å²) >= 11 is 3.50. The molecule has 0 aliphatic carbocycles. The molecule has 18 heavy (non-hydrogen) atoms. The van der Waals surface area contributed by atoms with Crippen molar-refractivity contribution >= 4 is 15.9 Å². The van der Waals surface area contributed by atoms with Gasteiger partial charge in [-0.1, -0.05) is 20.3 Å². The Labute approximate surface area is 118 Å². The Morgan fingerprint density at radius 2 is 2.00 bits per heavy atom. The van der Waals surface area contributed by atoms with Crippen molar-refractivity contribution < 1.29 is 9.47 Å². The molecule has 4 heteroatoms. The van der Waals surface area contributed by atoms with E-state index >= 15 is 0 Å². The van der Waals surface area contributed by atoms with Crippen LogP contribution in [0.4, 0.5) is 0 Å². The minimum Gasteiger partial charge on any atom is -0.493 e. The number of halogens is 1. The summed E-state index contributed by atoms with van der Waals surface area (Å²) in [6.07, 6.45) is 1.20. The number of rotatable bonds is 7. The van der Waals surface area contributed by atoms with E-state index in [4.69, 9.17) is 9.47 Å². The molecule has 0 spiro atoms. The molecular weight excluding hydrogens is 294 g/mol. The summed E-state index contributed by atoms with van der Waals surface area (Å²) in [4.78, 5) is 0. The molecule has 1 rings (SSSR count). The van der Waals surface area contributed by atoms with E-state index in [1.807, 2.05) is 6.07 Å². The molecule has 0 amide bonds. The zero-order valence-corrected chi connectivity index (χ0v) is 13.1. The molecule has 1 unspecified atom stereocenters. The number of hydrogen-bond acceptors (Lipinski definition) is 3. The second kappa shape index (κ2) is 7.64. The van der Waals surface area contributed by atoms with Crippen LogP contribution in [0.5, 0.6) is 11.5 Å². The minimum atomic E-state index is 0.702. The number of ether oxygens (including phenoxy) is 2. The topological polar surface area (TPSA) is 30.5 Å². The molecule has 0 saturated carbocycles. The fraction of sp³-hybridized carbons (Fsp3) is 0.571. The SMILES string of the molecule is CCC(C)CNCc1cc(Br)c(OC)c(OC)c1. The Morgan fingerprint density at radius 3 is 2.56 bits per heavy atom. The van der Waals surface area contributed by atoms with Crippen molar-refractivity contribution in [2.75, 3.05) is 20.8 Å². The van der Waals surface area contributed by atoms with E-state index in [2.05, 4.69) is 41.2 Å². The smallest absolute Gasteiger partial charge is 0.174 e. The van der Waals surface area contributed by atoms with Crippen molar-refractivity contribution in [1.29, 1.82) is 0 Å². The molecule has 1 aromatic rings. The molecule has 102 valence electrons. The van der Waals surface area contributed by atoms with E-state index in [1.54, 1.807) is 14.2 Å². The molecule has 0 fully saturated rings. The third kappa shape index (κ3) is 4.18. The highest BCUT2D eigenvalue weighted by molar-refractivity contribution is 9.10. The first-order valence-corrected chi connectivity index (χ1v) is 7.02. The Hall–Kier alpha value is -0.740. The summed E-state index contributed by atoms with van der Waals surface area (Å²) in [7, 11) is 3.30. The van der Waals surface area contributed by atoms with Crippen LogP contribution < -0.4 is 14.8 Å². The quantitative estimate of drug-likeness (QED) is 0.834. The lowest BCUT2D eigenvalue weighted by atomic mass is 10.1. The molecule has 1 aromatic carbocycles. The van der Waals surface area contributed by atoms with Gasteiger partial charge in [0.05, 0.1) is 18.7 Å². The Kier molecular flexibility index (Phi) is 6.50. The number of methoxy groups -OCH3 is 2. The van der Waals surface area contributed by atoms with Gasteiger partial charge in [0.25, 0.3) is 0 Å². The van der Waals surface area contributed by atoms with Crippen molar-refractivity contribution in [3.05, 3.63) is 22.2 Å². The standard InChI is InChI=1S/C14H22BrNO2/c1-5-10(2)8-16-9-11-6-12(15)14(18-4)13(7-11)17-3/h6-7,10,16H,5,8-9H2,1-4H3. The first-order valence-electron chi connectivity index (χ1n) is 6.23. The van der Waals surface area contributed by atoms with E-state index in [0.717, 1.165) is 29.1 Å². The maximum atomic E-state index is 5.32. The Morgan fingerprint density at radius 1 is 1.28 bits per heavy atom. The van der Waals surface area contributed by atoms with E-state index in [0.29, 0.717) is 5.92 Å². The van der Waals surface area contributed by atoms with E-state index in [-0.39, 0.29) is 0 Å². The average Bonchev–Trinajstić information content (AvgIpc) is 2.37. The molecule has 0 bridgehead atoms. The number of benzene rings is 1. The predicted octanol–water partition coefficient (Wildman–Crippen LogP) is 3.60. The zero-order chi connectivity index (χ0) is 13.5. The summed E-state index contributed by atoms with van der Waals surface area (Å²) in [5, 5.41) is 3.45. The van der Waals surface area contributed by atoms with Crippen LogP contribution in [0.25, 0.3) is 0 Å². The van der Waals surface area contributed by atoms with Crippen LogP contribution >= 0.6 is 15.9 Å². The van der Waals surface area contributed by atoms with Crippen LogP contribution in [0.3, 0.4) is 0 Å². The molecule has 0 heterocycles. The van der Waals surface area contributed by atoms with Crippen LogP contribution in [-0.4, -0.2) is 20.8 Å². The predicted molar refractivity (Wildman–Crippen MR) is 78.4 cm³/mol. The average molecular weight is 316 g/mol. The monoisotopic (exact) mass is 315 g/mol. The van der Waals surface area contributed by atoms with Gasteiger partial charge < -0.3 is 14.8 Å². The van der Waals surface area contributed by atoms with Crippen molar-refractivity contribution in [3.63, 3.8) is 0 Å². The summed E-state index contributed by atoms with van der Waals surface area (Å²) < 4.78 is 11.5. The number of hydrogen-bond donors (Lipinski definition) is 1. The van der Waals surface area contributed by atoms with E-state index < -0.39 is 0 Å². The molecule has 0 aliphatic heterocycles. The van der Waals surface area contributed by atoms with Crippen molar-refractivity contribution in [2.24, 2.45) is 5.92 Å². The van der Waals surface area contributed by atoms with Gasteiger partial charge in [-0.2, -0.15) is 0 Å². The summed E-state index contributed by atoms with van der Waals surface area (Å²) in [5.74, 6) is 2.20. The highest BCUT2D eigenvalue weighted by Gasteiger charge is 2.10. The summed E-state index contributed by atoms with van der Waals surface area (Å²) in [6, 6.07) is 4.07. The molecule has 0 saturated heterocycles. The minimum absolute atomic E-state index is 0.702. The van der Waals surface area contributed by atoms with Gasteiger partial charge in [0.2, 0.25) is 0 Å². The maximum absolute atomic E-state index is 5.32. The van der Waals surface area contributed by atoms with Crippen LogP contribution in [0, 0.1) is 5.92 Å². The highest BCUT2D eigenvalue weighted by Crippen LogP contribution is 2.36. The van der Waals surface area contributed by atoms with Gasteiger partial charge >= 0.3 is 0 Å². The van der Waals surface area contributed by atoms with Gasteiger partial charge in [0.1, 0.15) is 0 Å². The largest absolute Gasteiger partial charge is 0.493 e. The lowest BCUT2D eigenvalue weighted by molar-refractivity contribution is 0.352. The van der Waals surface area contributed by atoms with Crippen LogP contribution in [-0.2, 0) is 6.54 Å². The van der Waals surface area contributed by atoms with Crippen LogP contribution in [0.15, 0.2) is 16.6 Å². The van der Waals surface area contributed by atoms with E-state index in [9.17, 15) is 0 Å². The molecular formula is C14H22BrNO2. The highest BCUT2D eigenvalue weighted by atomic mass is 79.9. The molecule has 0 radical (unpaired) electrons. The summed E-state index contributed by atoms with van der Waals surface area (Å²) in [6.45, 7) is 6.32. The van der Waals surface area contributed by atoms with Gasteiger partial charge in [-0.15, -0.1) is 0 Å². The zero-order valence-electron chi connectivity index (χ0n) is 11.5. The number of nitrogens with one attached hydrogen (secondary N) is 1. The second-order valence-corrected chi connectivity index (χ2v) is 5.31.